The number of carbonyl (C=O) groups excluding carboxylic acids is 1. The first-order chi connectivity index (χ1) is 14.2. The number of nitrogens with one attached hydrogen (secondary N) is 1. The molecule has 0 bridgehead atoms. The van der Waals surface area contributed by atoms with Crippen molar-refractivity contribution in [1.82, 2.24) is 5.43 Å². The van der Waals surface area contributed by atoms with Crippen LogP contribution in [0.1, 0.15) is 32.3 Å². The summed E-state index contributed by atoms with van der Waals surface area (Å²) in [5.74, 6) is 2.03. The van der Waals surface area contributed by atoms with E-state index in [9.17, 15) is 4.79 Å². The lowest BCUT2D eigenvalue weighted by molar-refractivity contribution is -0.123. The zero-order valence-corrected chi connectivity index (χ0v) is 17.1. The monoisotopic (exact) mass is 400 g/mol. The van der Waals surface area contributed by atoms with Gasteiger partial charge in [0.25, 0.3) is 5.91 Å². The van der Waals surface area contributed by atoms with Gasteiger partial charge in [-0.3, -0.25) is 4.79 Å². The molecule has 0 atom stereocenters. The first kappa shape index (κ1) is 22.1. The molecule has 0 aliphatic heterocycles. The maximum absolute atomic E-state index is 12.0. The molecule has 1 N–H and O–H groups in total. The quantitative estimate of drug-likeness (QED) is 0.333. The largest absolute Gasteiger partial charge is 0.493 e. The molecule has 2 rings (SSSR count). The van der Waals surface area contributed by atoms with Crippen molar-refractivity contribution in [2.24, 2.45) is 5.10 Å². The summed E-state index contributed by atoms with van der Waals surface area (Å²) in [5.41, 5.74) is 3.21. The molecule has 2 aromatic rings. The van der Waals surface area contributed by atoms with E-state index in [4.69, 9.17) is 18.9 Å². The van der Waals surface area contributed by atoms with Gasteiger partial charge in [0.1, 0.15) is 0 Å². The number of para-hydroxylation sites is 2. The standard InChI is InChI=1S/C22H28N2O5/c1-4-6-13-28-20-12-11-17(14-21(20)26-3)15-23-24-22(25)16-29-19-10-8-7-9-18(19)27-5-2/h7-12,14-15H,4-6,13,16H2,1-3H3,(H,24,25). The fourth-order valence-electron chi connectivity index (χ4n) is 2.41. The average molecular weight is 400 g/mol. The number of carbonyl (C=O) groups is 1. The highest BCUT2D eigenvalue weighted by Gasteiger charge is 2.07. The zero-order valence-electron chi connectivity index (χ0n) is 17.1. The lowest BCUT2D eigenvalue weighted by Crippen LogP contribution is -2.24. The first-order valence-corrected chi connectivity index (χ1v) is 9.65. The molecule has 0 aromatic heterocycles. The molecular weight excluding hydrogens is 372 g/mol. The lowest BCUT2D eigenvalue weighted by atomic mass is 10.2. The molecule has 0 aliphatic carbocycles. The van der Waals surface area contributed by atoms with E-state index in [1.165, 1.54) is 6.21 Å². The van der Waals surface area contributed by atoms with Crippen LogP contribution < -0.4 is 24.4 Å². The van der Waals surface area contributed by atoms with Gasteiger partial charge in [-0.25, -0.2) is 5.43 Å². The molecule has 0 aliphatic rings. The Hall–Kier alpha value is -3.22. The van der Waals surface area contributed by atoms with Crippen LogP contribution in [0.2, 0.25) is 0 Å². The second-order valence-corrected chi connectivity index (χ2v) is 6.07. The Morgan fingerprint density at radius 1 is 1.00 bits per heavy atom. The fraction of sp³-hybridized carbons (Fsp3) is 0.364. The van der Waals surface area contributed by atoms with Gasteiger partial charge in [-0.2, -0.15) is 5.10 Å². The first-order valence-electron chi connectivity index (χ1n) is 9.65. The van der Waals surface area contributed by atoms with Crippen molar-refractivity contribution in [3.8, 4) is 23.0 Å². The van der Waals surface area contributed by atoms with E-state index < -0.39 is 0 Å². The van der Waals surface area contributed by atoms with E-state index in [2.05, 4.69) is 17.5 Å². The number of nitrogens with zero attached hydrogens (tertiary/aromatic N) is 1. The van der Waals surface area contributed by atoms with Crippen LogP contribution in [0.3, 0.4) is 0 Å². The number of methoxy groups -OCH3 is 1. The summed E-state index contributed by atoms with van der Waals surface area (Å²) in [6.07, 6.45) is 3.58. The topological polar surface area (TPSA) is 78.4 Å². The Labute approximate surface area is 171 Å². The van der Waals surface area contributed by atoms with Crippen LogP contribution in [0, 0.1) is 0 Å². The number of ether oxygens (including phenoxy) is 4. The van der Waals surface area contributed by atoms with Crippen LogP contribution in [-0.4, -0.2) is 39.1 Å². The highest BCUT2D eigenvalue weighted by Crippen LogP contribution is 2.28. The summed E-state index contributed by atoms with van der Waals surface area (Å²) < 4.78 is 22.0. The van der Waals surface area contributed by atoms with Crippen molar-refractivity contribution < 1.29 is 23.7 Å². The predicted molar refractivity (Wildman–Crippen MR) is 112 cm³/mol. The van der Waals surface area contributed by atoms with Gasteiger partial charge in [0.05, 0.1) is 26.5 Å². The summed E-state index contributed by atoms with van der Waals surface area (Å²) in [7, 11) is 1.59. The van der Waals surface area contributed by atoms with Crippen LogP contribution in [0.5, 0.6) is 23.0 Å². The summed E-state index contributed by atoms with van der Waals surface area (Å²) in [6, 6.07) is 12.7. The number of benzene rings is 2. The number of hydrogen-bond acceptors (Lipinski definition) is 6. The summed E-state index contributed by atoms with van der Waals surface area (Å²) in [5, 5.41) is 3.96. The molecular formula is C22H28N2O5. The second-order valence-electron chi connectivity index (χ2n) is 6.07. The van der Waals surface area contributed by atoms with E-state index in [1.54, 1.807) is 25.3 Å². The number of hydrazone groups is 1. The van der Waals surface area contributed by atoms with Gasteiger partial charge in [0.2, 0.25) is 0 Å². The summed E-state index contributed by atoms with van der Waals surface area (Å²) in [4.78, 5) is 12.0. The number of hydrogen-bond donors (Lipinski definition) is 1. The molecule has 0 unspecified atom stereocenters. The molecule has 0 fully saturated rings. The van der Waals surface area contributed by atoms with Crippen LogP contribution >= 0.6 is 0 Å². The van der Waals surface area contributed by atoms with Gasteiger partial charge in [0.15, 0.2) is 29.6 Å². The summed E-state index contributed by atoms with van der Waals surface area (Å²) >= 11 is 0. The molecule has 2 aromatic carbocycles. The highest BCUT2D eigenvalue weighted by molar-refractivity contribution is 5.83. The van der Waals surface area contributed by atoms with E-state index in [-0.39, 0.29) is 12.5 Å². The minimum atomic E-state index is -0.376. The number of amides is 1. The molecule has 7 heteroatoms. The van der Waals surface area contributed by atoms with Gasteiger partial charge < -0.3 is 18.9 Å². The molecule has 0 saturated heterocycles. The van der Waals surface area contributed by atoms with Crippen molar-refractivity contribution in [1.29, 1.82) is 0 Å². The average Bonchev–Trinajstić information content (AvgIpc) is 2.74. The van der Waals surface area contributed by atoms with Crippen LogP contribution in [0.4, 0.5) is 0 Å². The van der Waals surface area contributed by atoms with Crippen LogP contribution in [0.25, 0.3) is 0 Å². The van der Waals surface area contributed by atoms with Gasteiger partial charge >= 0.3 is 0 Å². The molecule has 7 nitrogen and oxygen atoms in total. The van der Waals surface area contributed by atoms with Crippen molar-refractivity contribution >= 4 is 12.1 Å². The van der Waals surface area contributed by atoms with Gasteiger partial charge in [-0.15, -0.1) is 0 Å². The molecule has 1 amide bonds. The Morgan fingerprint density at radius 3 is 2.41 bits per heavy atom. The third-order valence-corrected chi connectivity index (χ3v) is 3.85. The van der Waals surface area contributed by atoms with Crippen LogP contribution in [0.15, 0.2) is 47.6 Å². The van der Waals surface area contributed by atoms with E-state index in [1.807, 2.05) is 31.2 Å². The Balaban J connectivity index is 1.86. The minimum absolute atomic E-state index is 0.172. The minimum Gasteiger partial charge on any atom is -0.493 e. The molecule has 0 heterocycles. The van der Waals surface area contributed by atoms with Gasteiger partial charge in [-0.1, -0.05) is 25.5 Å². The van der Waals surface area contributed by atoms with Crippen molar-refractivity contribution in [3.05, 3.63) is 48.0 Å². The summed E-state index contributed by atoms with van der Waals surface area (Å²) in [6.45, 7) is 4.98. The number of rotatable bonds is 12. The van der Waals surface area contributed by atoms with Crippen molar-refractivity contribution in [3.63, 3.8) is 0 Å². The van der Waals surface area contributed by atoms with Gasteiger partial charge in [-0.05, 0) is 49.2 Å². The maximum atomic E-state index is 12.0. The van der Waals surface area contributed by atoms with E-state index >= 15 is 0 Å². The SMILES string of the molecule is CCCCOc1ccc(C=NNC(=O)COc2ccccc2OCC)cc1OC. The molecule has 156 valence electrons. The smallest absolute Gasteiger partial charge is 0.277 e. The normalized spacial score (nSPS) is 10.6. The Bertz CT molecular complexity index is 808. The van der Waals surface area contributed by atoms with E-state index in [0.717, 1.165) is 18.4 Å². The zero-order chi connectivity index (χ0) is 20.9. The molecule has 29 heavy (non-hydrogen) atoms. The van der Waals surface area contributed by atoms with Gasteiger partial charge in [0, 0.05) is 0 Å². The van der Waals surface area contributed by atoms with Crippen LogP contribution in [-0.2, 0) is 4.79 Å². The number of unbranched alkanes of at least 4 members (excludes halogenated alkanes) is 1. The maximum Gasteiger partial charge on any atom is 0.277 e. The van der Waals surface area contributed by atoms with Crippen molar-refractivity contribution in [2.45, 2.75) is 26.7 Å². The third kappa shape index (κ3) is 7.37. The molecule has 0 saturated carbocycles. The lowest BCUT2D eigenvalue weighted by Gasteiger charge is -2.11. The molecule has 0 radical (unpaired) electrons. The Morgan fingerprint density at radius 2 is 1.72 bits per heavy atom. The van der Waals surface area contributed by atoms with E-state index in [0.29, 0.717) is 36.2 Å². The Kier molecular flexibility index (Phi) is 9.35. The van der Waals surface area contributed by atoms with Crippen molar-refractivity contribution in [2.75, 3.05) is 26.9 Å². The highest BCUT2D eigenvalue weighted by atomic mass is 16.5. The third-order valence-electron chi connectivity index (χ3n) is 3.85. The fourth-order valence-corrected chi connectivity index (χ4v) is 2.41. The predicted octanol–water partition coefficient (Wildman–Crippen LogP) is 3.80. The second kappa shape index (κ2) is 12.3. The molecule has 0 spiro atoms.